The van der Waals surface area contributed by atoms with Gasteiger partial charge in [0.1, 0.15) is 11.4 Å². The van der Waals surface area contributed by atoms with Crippen molar-refractivity contribution in [2.45, 2.75) is 58.7 Å². The Morgan fingerprint density at radius 3 is 2.67 bits per heavy atom. The molecule has 0 spiro atoms. The summed E-state index contributed by atoms with van der Waals surface area (Å²) < 4.78 is 5.40. The van der Waals surface area contributed by atoms with Crippen molar-refractivity contribution in [3.05, 3.63) is 17.7 Å². The van der Waals surface area contributed by atoms with Crippen LogP contribution in [0.2, 0.25) is 0 Å². The van der Waals surface area contributed by atoms with E-state index in [2.05, 4.69) is 15.3 Å². The fraction of sp³-hybridized carbons (Fsp3) is 0.733. The van der Waals surface area contributed by atoms with E-state index in [0.717, 1.165) is 44.0 Å². The molecule has 1 aromatic rings. The van der Waals surface area contributed by atoms with E-state index in [0.29, 0.717) is 6.04 Å². The topological polar surface area (TPSA) is 70.2 Å². The first-order valence-electron chi connectivity index (χ1n) is 7.55. The van der Waals surface area contributed by atoms with E-state index in [-0.39, 0.29) is 6.09 Å². The number of carbonyl (C=O) groups is 1. The second-order valence-corrected chi connectivity index (χ2v) is 6.62. The Balaban J connectivity index is 1.72. The van der Waals surface area contributed by atoms with Crippen LogP contribution in [0.4, 0.5) is 4.79 Å². The number of piperidine rings is 1. The van der Waals surface area contributed by atoms with Crippen LogP contribution in [0, 0.1) is 6.92 Å². The van der Waals surface area contributed by atoms with Crippen molar-refractivity contribution in [1.29, 1.82) is 0 Å². The number of aryl methyl sites for hydroxylation is 1. The maximum absolute atomic E-state index is 12.0. The first-order valence-corrected chi connectivity index (χ1v) is 7.55. The van der Waals surface area contributed by atoms with E-state index in [1.54, 1.807) is 4.90 Å². The Labute approximate surface area is 126 Å². The van der Waals surface area contributed by atoms with Gasteiger partial charge in [-0.25, -0.2) is 9.78 Å². The molecular weight excluding hydrogens is 268 g/mol. The highest BCUT2D eigenvalue weighted by Gasteiger charge is 2.26. The number of carbonyl (C=O) groups excluding carboxylic acids is 1. The zero-order valence-corrected chi connectivity index (χ0v) is 13.4. The SMILES string of the molecule is Cc1ncc(CNC2CCN(C(=O)OC(C)(C)C)CC2)[nH]1. The van der Waals surface area contributed by atoms with Gasteiger partial charge in [-0.05, 0) is 40.5 Å². The molecule has 2 N–H and O–H groups in total. The summed E-state index contributed by atoms with van der Waals surface area (Å²) in [4.78, 5) is 21.2. The molecule has 0 atom stereocenters. The largest absolute Gasteiger partial charge is 0.444 e. The zero-order chi connectivity index (χ0) is 15.5. The number of aromatic nitrogens is 2. The molecule has 1 amide bonds. The smallest absolute Gasteiger partial charge is 0.410 e. The highest BCUT2D eigenvalue weighted by atomic mass is 16.6. The summed E-state index contributed by atoms with van der Waals surface area (Å²) in [6.45, 7) is 9.91. The molecule has 1 saturated heterocycles. The third-order valence-corrected chi connectivity index (χ3v) is 3.48. The molecule has 118 valence electrons. The molecule has 0 saturated carbocycles. The number of hydrogen-bond acceptors (Lipinski definition) is 4. The number of likely N-dealkylation sites (tertiary alicyclic amines) is 1. The number of imidazole rings is 1. The van der Waals surface area contributed by atoms with Gasteiger partial charge < -0.3 is 19.9 Å². The zero-order valence-electron chi connectivity index (χ0n) is 13.4. The molecule has 0 aliphatic carbocycles. The maximum atomic E-state index is 12.0. The van der Waals surface area contributed by atoms with Gasteiger partial charge >= 0.3 is 6.09 Å². The molecule has 2 heterocycles. The maximum Gasteiger partial charge on any atom is 0.410 e. The highest BCUT2D eigenvalue weighted by Crippen LogP contribution is 2.15. The Kier molecular flexibility index (Phi) is 4.88. The van der Waals surface area contributed by atoms with Crippen LogP contribution in [0.5, 0.6) is 0 Å². The van der Waals surface area contributed by atoms with Crippen LogP contribution < -0.4 is 5.32 Å². The molecule has 21 heavy (non-hydrogen) atoms. The fourth-order valence-corrected chi connectivity index (χ4v) is 2.41. The predicted octanol–water partition coefficient (Wildman–Crippen LogP) is 2.21. The molecular formula is C15H26N4O2. The summed E-state index contributed by atoms with van der Waals surface area (Å²) in [5.74, 6) is 0.937. The lowest BCUT2D eigenvalue weighted by Gasteiger charge is -2.33. The molecule has 0 unspecified atom stereocenters. The molecule has 2 rings (SSSR count). The van der Waals surface area contributed by atoms with Crippen LogP contribution in [-0.2, 0) is 11.3 Å². The minimum Gasteiger partial charge on any atom is -0.444 e. The second kappa shape index (κ2) is 6.47. The average molecular weight is 294 g/mol. The van der Waals surface area contributed by atoms with Gasteiger partial charge in [-0.15, -0.1) is 0 Å². The Morgan fingerprint density at radius 2 is 2.14 bits per heavy atom. The number of amides is 1. The fourth-order valence-electron chi connectivity index (χ4n) is 2.41. The lowest BCUT2D eigenvalue weighted by atomic mass is 10.1. The van der Waals surface area contributed by atoms with Crippen LogP contribution >= 0.6 is 0 Å². The Bertz CT molecular complexity index is 470. The van der Waals surface area contributed by atoms with Gasteiger partial charge in [0.05, 0.1) is 0 Å². The summed E-state index contributed by atoms with van der Waals surface area (Å²) in [5.41, 5.74) is 0.673. The van der Waals surface area contributed by atoms with Crippen molar-refractivity contribution in [3.8, 4) is 0 Å². The Hall–Kier alpha value is -1.56. The summed E-state index contributed by atoms with van der Waals surface area (Å²) in [5, 5.41) is 3.51. The van der Waals surface area contributed by atoms with E-state index in [9.17, 15) is 4.79 Å². The van der Waals surface area contributed by atoms with E-state index < -0.39 is 5.60 Å². The first kappa shape index (κ1) is 15.8. The minimum atomic E-state index is -0.426. The van der Waals surface area contributed by atoms with E-state index >= 15 is 0 Å². The summed E-state index contributed by atoms with van der Waals surface area (Å²) in [6.07, 6.45) is 3.56. The van der Waals surface area contributed by atoms with Gasteiger partial charge in [-0.1, -0.05) is 0 Å². The molecule has 6 nitrogen and oxygen atoms in total. The summed E-state index contributed by atoms with van der Waals surface area (Å²) in [6, 6.07) is 0.437. The summed E-state index contributed by atoms with van der Waals surface area (Å²) >= 11 is 0. The van der Waals surface area contributed by atoms with Crippen molar-refractivity contribution in [2.75, 3.05) is 13.1 Å². The van der Waals surface area contributed by atoms with Crippen molar-refractivity contribution in [3.63, 3.8) is 0 Å². The van der Waals surface area contributed by atoms with Crippen molar-refractivity contribution in [1.82, 2.24) is 20.2 Å². The van der Waals surface area contributed by atoms with Gasteiger partial charge in [-0.2, -0.15) is 0 Å². The van der Waals surface area contributed by atoms with Gasteiger partial charge in [0.15, 0.2) is 0 Å². The van der Waals surface area contributed by atoms with Crippen LogP contribution in [0.25, 0.3) is 0 Å². The third-order valence-electron chi connectivity index (χ3n) is 3.48. The molecule has 1 aliphatic rings. The lowest BCUT2D eigenvalue weighted by Crippen LogP contribution is -2.46. The van der Waals surface area contributed by atoms with Crippen LogP contribution in [-0.4, -0.2) is 45.7 Å². The van der Waals surface area contributed by atoms with E-state index in [4.69, 9.17) is 4.74 Å². The van der Waals surface area contributed by atoms with E-state index in [1.807, 2.05) is 33.9 Å². The monoisotopic (exact) mass is 294 g/mol. The number of H-pyrrole nitrogens is 1. The number of hydrogen-bond donors (Lipinski definition) is 2. The molecule has 0 radical (unpaired) electrons. The van der Waals surface area contributed by atoms with Gasteiger partial charge in [-0.3, -0.25) is 0 Å². The number of aromatic amines is 1. The number of rotatable bonds is 3. The van der Waals surface area contributed by atoms with Crippen molar-refractivity contribution in [2.24, 2.45) is 0 Å². The predicted molar refractivity (Wildman–Crippen MR) is 81.0 cm³/mol. The van der Waals surface area contributed by atoms with E-state index in [1.165, 1.54) is 0 Å². The molecule has 6 heteroatoms. The first-order chi connectivity index (χ1) is 9.83. The number of nitrogens with zero attached hydrogens (tertiary/aromatic N) is 2. The summed E-state index contributed by atoms with van der Waals surface area (Å²) in [7, 11) is 0. The molecule has 0 bridgehead atoms. The quantitative estimate of drug-likeness (QED) is 0.896. The minimum absolute atomic E-state index is 0.204. The highest BCUT2D eigenvalue weighted by molar-refractivity contribution is 5.68. The second-order valence-electron chi connectivity index (χ2n) is 6.62. The standard InChI is InChI=1S/C15H26N4O2/c1-11-16-9-13(18-11)10-17-12-5-7-19(8-6-12)14(20)21-15(2,3)4/h9,12,17H,5-8,10H2,1-4H3,(H,16,18). The normalized spacial score (nSPS) is 17.0. The Morgan fingerprint density at radius 1 is 1.48 bits per heavy atom. The average Bonchev–Trinajstić information content (AvgIpc) is 2.81. The van der Waals surface area contributed by atoms with Gasteiger partial charge in [0.2, 0.25) is 0 Å². The number of nitrogens with one attached hydrogen (secondary N) is 2. The van der Waals surface area contributed by atoms with Gasteiger partial charge in [0, 0.05) is 37.6 Å². The molecule has 1 aromatic heterocycles. The molecule has 0 aromatic carbocycles. The molecule has 1 fully saturated rings. The number of ether oxygens (including phenoxy) is 1. The lowest BCUT2D eigenvalue weighted by molar-refractivity contribution is 0.0198. The van der Waals surface area contributed by atoms with Gasteiger partial charge in [0.25, 0.3) is 0 Å². The van der Waals surface area contributed by atoms with Crippen LogP contribution in [0.3, 0.4) is 0 Å². The van der Waals surface area contributed by atoms with Crippen molar-refractivity contribution < 1.29 is 9.53 Å². The van der Waals surface area contributed by atoms with Crippen molar-refractivity contribution >= 4 is 6.09 Å². The third kappa shape index (κ3) is 5.04. The van der Waals surface area contributed by atoms with Crippen LogP contribution in [0.15, 0.2) is 6.20 Å². The molecule has 1 aliphatic heterocycles. The van der Waals surface area contributed by atoms with Crippen LogP contribution in [0.1, 0.15) is 45.1 Å².